The fourth-order valence-electron chi connectivity index (χ4n) is 1.81. The molecule has 2 heteroatoms. The molecule has 0 amide bonds. The highest BCUT2D eigenvalue weighted by Gasteiger charge is 2.13. The minimum Gasteiger partial charge on any atom is -0.396 e. The summed E-state index contributed by atoms with van der Waals surface area (Å²) in [5.74, 6) is 2.03. The van der Waals surface area contributed by atoms with Gasteiger partial charge in [-0.1, -0.05) is 39.2 Å². The zero-order chi connectivity index (χ0) is 12.8. The van der Waals surface area contributed by atoms with Crippen LogP contribution in [0.25, 0.3) is 0 Å². The molecule has 1 aliphatic carbocycles. The maximum absolute atomic E-state index is 7.91. The molecule has 0 aromatic heterocycles. The third-order valence-electron chi connectivity index (χ3n) is 2.51. The number of hydrogen-bond donors (Lipinski definition) is 2. The molecule has 0 unspecified atom stereocenters. The first-order valence-electron chi connectivity index (χ1n) is 6.41. The highest BCUT2D eigenvalue weighted by Crippen LogP contribution is 2.27. The van der Waals surface area contributed by atoms with Crippen molar-refractivity contribution in [2.24, 2.45) is 11.8 Å². The second-order valence-corrected chi connectivity index (χ2v) is 4.59. The zero-order valence-corrected chi connectivity index (χ0v) is 11.3. The van der Waals surface area contributed by atoms with Gasteiger partial charge in [-0.2, -0.15) is 0 Å². The fraction of sp³-hybridized carbons (Fsp3) is 0.857. The minimum atomic E-state index is 0.0938. The largest absolute Gasteiger partial charge is 0.396 e. The Morgan fingerprint density at radius 2 is 1.50 bits per heavy atom. The Morgan fingerprint density at radius 1 is 1.12 bits per heavy atom. The first kappa shape index (κ1) is 18.0. The lowest BCUT2D eigenvalue weighted by Crippen LogP contribution is -2.09. The van der Waals surface area contributed by atoms with Crippen LogP contribution in [0.2, 0.25) is 0 Å². The Bertz CT molecular complexity index is 125. The average Bonchev–Trinajstić information content (AvgIpc) is 2.20. The Hall–Kier alpha value is -0.340. The van der Waals surface area contributed by atoms with Gasteiger partial charge in [0.1, 0.15) is 0 Å². The molecule has 0 radical (unpaired) electrons. The van der Waals surface area contributed by atoms with Gasteiger partial charge in [0.05, 0.1) is 0 Å². The summed E-state index contributed by atoms with van der Waals surface area (Å²) in [6.45, 7) is 10.2. The first-order valence-corrected chi connectivity index (χ1v) is 6.41. The molecule has 2 N–H and O–H groups in total. The molecule has 0 spiro atoms. The Labute approximate surface area is 101 Å². The molecule has 1 rings (SSSR count). The number of rotatable bonds is 2. The number of aliphatic hydroxyl groups excluding tert-OH is 2. The molecular weight excluding hydrogens is 200 g/mol. The third kappa shape index (κ3) is 16.1. The van der Waals surface area contributed by atoms with Gasteiger partial charge >= 0.3 is 0 Å². The number of aliphatic hydroxyl groups is 2. The Morgan fingerprint density at radius 3 is 1.62 bits per heavy atom. The van der Waals surface area contributed by atoms with Crippen molar-refractivity contribution in [3.63, 3.8) is 0 Å². The lowest BCUT2D eigenvalue weighted by molar-refractivity contribution is 0.221. The van der Waals surface area contributed by atoms with Crippen molar-refractivity contribution in [1.82, 2.24) is 0 Å². The van der Waals surface area contributed by atoms with E-state index < -0.39 is 0 Å². The summed E-state index contributed by atoms with van der Waals surface area (Å²) < 4.78 is 0. The number of hydrogen-bond acceptors (Lipinski definition) is 2. The van der Waals surface area contributed by atoms with Gasteiger partial charge in [-0.15, -0.1) is 6.58 Å². The second-order valence-electron chi connectivity index (χ2n) is 4.59. The average molecular weight is 230 g/mol. The van der Waals surface area contributed by atoms with Crippen LogP contribution in [-0.2, 0) is 0 Å². The van der Waals surface area contributed by atoms with E-state index in [0.29, 0.717) is 6.42 Å². The molecule has 1 aliphatic rings. The van der Waals surface area contributed by atoms with Gasteiger partial charge in [-0.25, -0.2) is 0 Å². The van der Waals surface area contributed by atoms with E-state index in [2.05, 4.69) is 20.4 Å². The summed E-state index contributed by atoms with van der Waals surface area (Å²) in [6, 6.07) is 0. The van der Waals surface area contributed by atoms with E-state index in [1.807, 2.05) is 6.92 Å². The van der Waals surface area contributed by atoms with Gasteiger partial charge in [-0.05, 0) is 31.6 Å². The summed E-state index contributed by atoms with van der Waals surface area (Å²) in [4.78, 5) is 0. The highest BCUT2D eigenvalue weighted by molar-refractivity contribution is 4.66. The molecule has 2 atom stereocenters. The van der Waals surface area contributed by atoms with Crippen LogP contribution < -0.4 is 0 Å². The zero-order valence-electron chi connectivity index (χ0n) is 11.3. The van der Waals surface area contributed by atoms with Crippen molar-refractivity contribution >= 4 is 0 Å². The molecular formula is C14H30O2. The second kappa shape index (κ2) is 14.7. The van der Waals surface area contributed by atoms with E-state index in [1.54, 1.807) is 6.08 Å². The van der Waals surface area contributed by atoms with Crippen molar-refractivity contribution in [1.29, 1.82) is 0 Å². The molecule has 2 nitrogen and oxygen atoms in total. The third-order valence-corrected chi connectivity index (χ3v) is 2.51. The first-order chi connectivity index (χ1) is 7.62. The monoisotopic (exact) mass is 230 g/mol. The van der Waals surface area contributed by atoms with Gasteiger partial charge in [0.15, 0.2) is 0 Å². The summed E-state index contributed by atoms with van der Waals surface area (Å²) >= 11 is 0. The molecule has 0 bridgehead atoms. The molecule has 0 aromatic rings. The maximum atomic E-state index is 7.91. The van der Waals surface area contributed by atoms with E-state index in [0.717, 1.165) is 11.8 Å². The smallest absolute Gasteiger partial charge is 0.0452 e. The molecule has 1 saturated carbocycles. The van der Waals surface area contributed by atoms with Gasteiger partial charge in [0.25, 0.3) is 0 Å². The highest BCUT2D eigenvalue weighted by atomic mass is 16.3. The normalized spacial score (nSPS) is 23.3. The molecule has 1 fully saturated rings. The number of allylic oxidation sites excluding steroid dienone is 1. The quantitative estimate of drug-likeness (QED) is 0.714. The predicted molar refractivity (Wildman–Crippen MR) is 71.5 cm³/mol. The summed E-state index contributed by atoms with van der Waals surface area (Å²) in [7, 11) is 0. The predicted octanol–water partition coefficient (Wildman–Crippen LogP) is 3.39. The summed E-state index contributed by atoms with van der Waals surface area (Å²) in [6.07, 6.45) is 8.15. The van der Waals surface area contributed by atoms with Crippen LogP contribution in [0.1, 0.15) is 52.9 Å². The fourth-order valence-corrected chi connectivity index (χ4v) is 1.81. The SMILES string of the molecule is C=CC.C[C@@H]1CCC[C@H](C)C1.OCCCO. The van der Waals surface area contributed by atoms with E-state index in [1.165, 1.54) is 25.7 Å². The van der Waals surface area contributed by atoms with Crippen LogP contribution in [-0.4, -0.2) is 23.4 Å². The van der Waals surface area contributed by atoms with Crippen LogP contribution in [0.5, 0.6) is 0 Å². The standard InChI is InChI=1S/C8H16.C3H8O2.C3H6/c1-7-4-3-5-8(2)6-7;4-2-1-3-5;1-3-2/h7-8H,3-6H2,1-2H3;4-5H,1-3H2;3H,1H2,2H3/t7-,8+;;. The molecule has 0 saturated heterocycles. The van der Waals surface area contributed by atoms with Crippen LogP contribution in [0.4, 0.5) is 0 Å². The van der Waals surface area contributed by atoms with E-state index >= 15 is 0 Å². The topological polar surface area (TPSA) is 40.5 Å². The van der Waals surface area contributed by atoms with Gasteiger partial charge in [0.2, 0.25) is 0 Å². The summed E-state index contributed by atoms with van der Waals surface area (Å²) in [5, 5.41) is 15.8. The van der Waals surface area contributed by atoms with Crippen molar-refractivity contribution < 1.29 is 10.2 Å². The summed E-state index contributed by atoms with van der Waals surface area (Å²) in [5.41, 5.74) is 0. The molecule has 0 aliphatic heterocycles. The van der Waals surface area contributed by atoms with E-state index in [9.17, 15) is 0 Å². The van der Waals surface area contributed by atoms with E-state index in [-0.39, 0.29) is 13.2 Å². The maximum Gasteiger partial charge on any atom is 0.0452 e. The van der Waals surface area contributed by atoms with Crippen molar-refractivity contribution in [3.8, 4) is 0 Å². The Kier molecular flexibility index (Phi) is 16.5. The van der Waals surface area contributed by atoms with Crippen LogP contribution in [0.3, 0.4) is 0 Å². The van der Waals surface area contributed by atoms with Gasteiger partial charge in [-0.3, -0.25) is 0 Å². The lowest BCUT2D eigenvalue weighted by atomic mass is 9.84. The Balaban J connectivity index is 0. The van der Waals surface area contributed by atoms with Gasteiger partial charge < -0.3 is 10.2 Å². The van der Waals surface area contributed by atoms with Crippen LogP contribution in [0, 0.1) is 11.8 Å². The molecule has 0 heterocycles. The molecule has 98 valence electrons. The van der Waals surface area contributed by atoms with Gasteiger partial charge in [0, 0.05) is 13.2 Å². The molecule has 0 aromatic carbocycles. The molecule has 16 heavy (non-hydrogen) atoms. The van der Waals surface area contributed by atoms with Crippen molar-refractivity contribution in [3.05, 3.63) is 12.7 Å². The van der Waals surface area contributed by atoms with E-state index in [4.69, 9.17) is 10.2 Å². The van der Waals surface area contributed by atoms with Crippen LogP contribution in [0.15, 0.2) is 12.7 Å². The van der Waals surface area contributed by atoms with Crippen LogP contribution >= 0.6 is 0 Å². The van der Waals surface area contributed by atoms with Crippen molar-refractivity contribution in [2.45, 2.75) is 52.9 Å². The van der Waals surface area contributed by atoms with Crippen molar-refractivity contribution in [2.75, 3.05) is 13.2 Å². The minimum absolute atomic E-state index is 0.0938. The lowest BCUT2D eigenvalue weighted by Gasteiger charge is -2.22.